The number of hydrogen-bond donors (Lipinski definition) is 3. The number of ether oxygens (including phenoxy) is 4. The summed E-state index contributed by atoms with van der Waals surface area (Å²) in [5.74, 6) is -2.53. The zero-order valence-corrected chi connectivity index (χ0v) is 70.5. The molecule has 19 heteroatoms. The Morgan fingerprint density at radius 2 is 0.473 bits per heavy atom. The third kappa shape index (κ3) is 81.1. The summed E-state index contributed by atoms with van der Waals surface area (Å²) >= 11 is 0. The van der Waals surface area contributed by atoms with E-state index in [4.69, 9.17) is 37.0 Å². The van der Waals surface area contributed by atoms with Gasteiger partial charge in [0.25, 0.3) is 0 Å². The lowest BCUT2D eigenvalue weighted by Crippen LogP contribution is -2.30. The quantitative estimate of drug-likeness (QED) is 0.0169. The number of rotatable bonds is 75. The number of esters is 4. The Bertz CT molecular complexity index is 3040. The number of carbonyl (C=O) groups excluding carboxylic acids is 4. The highest BCUT2D eigenvalue weighted by Gasteiger charge is 2.30. The molecule has 5 atom stereocenters. The summed E-state index contributed by atoms with van der Waals surface area (Å²) in [5.41, 5.74) is 0. The highest BCUT2D eigenvalue weighted by Crippen LogP contribution is 2.45. The van der Waals surface area contributed by atoms with Gasteiger partial charge in [0.05, 0.1) is 26.4 Å². The van der Waals surface area contributed by atoms with Gasteiger partial charge in [-0.25, -0.2) is 9.13 Å². The van der Waals surface area contributed by atoms with Gasteiger partial charge in [-0.15, -0.1) is 0 Å². The average molecular weight is 1600 g/mol. The zero-order chi connectivity index (χ0) is 81.7. The molecule has 0 saturated heterocycles. The molecule has 3 N–H and O–H groups in total. The molecule has 0 bridgehead atoms. The van der Waals surface area contributed by atoms with Gasteiger partial charge >= 0.3 is 39.5 Å². The molecular weight excluding hydrogens is 1450 g/mol. The number of unbranched alkanes of at least 4 members (excludes halogenated alkanes) is 11. The number of carbonyl (C=O) groups is 4. The lowest BCUT2D eigenvalue weighted by molar-refractivity contribution is -0.161. The normalized spacial score (nSPS) is 15.0. The lowest BCUT2D eigenvalue weighted by atomic mass is 10.2. The Hall–Kier alpha value is -6.88. The van der Waals surface area contributed by atoms with Gasteiger partial charge in [0.15, 0.2) is 12.2 Å². The van der Waals surface area contributed by atoms with Gasteiger partial charge in [0.2, 0.25) is 0 Å². The van der Waals surface area contributed by atoms with E-state index >= 15 is 0 Å². The fourth-order valence-electron chi connectivity index (χ4n) is 9.80. The predicted octanol–water partition coefficient (Wildman–Crippen LogP) is 25.0. The van der Waals surface area contributed by atoms with Crippen molar-refractivity contribution in [2.45, 2.75) is 290 Å². The molecule has 0 aromatic rings. The Labute approximate surface area is 676 Å². The summed E-state index contributed by atoms with van der Waals surface area (Å²) < 4.78 is 68.4. The van der Waals surface area contributed by atoms with Crippen LogP contribution in [0.4, 0.5) is 0 Å². The molecule has 0 aliphatic carbocycles. The predicted molar refractivity (Wildman–Crippen MR) is 463 cm³/mol. The van der Waals surface area contributed by atoms with Gasteiger partial charge in [-0.2, -0.15) is 0 Å². The highest BCUT2D eigenvalue weighted by molar-refractivity contribution is 7.47. The molecular formula is C93H144O17P2. The number of allylic oxidation sites excluding steroid dienone is 38. The van der Waals surface area contributed by atoms with E-state index in [0.29, 0.717) is 51.4 Å². The molecule has 0 aliphatic rings. The number of aliphatic hydroxyl groups is 1. The van der Waals surface area contributed by atoms with Crippen molar-refractivity contribution in [1.29, 1.82) is 0 Å². The van der Waals surface area contributed by atoms with Gasteiger partial charge in [0, 0.05) is 25.7 Å². The summed E-state index contributed by atoms with van der Waals surface area (Å²) in [4.78, 5) is 73.1. The van der Waals surface area contributed by atoms with Crippen molar-refractivity contribution in [2.24, 2.45) is 0 Å². The van der Waals surface area contributed by atoms with Crippen LogP contribution in [0.3, 0.4) is 0 Å². The first-order chi connectivity index (χ1) is 54.7. The van der Waals surface area contributed by atoms with Crippen LogP contribution in [-0.4, -0.2) is 96.7 Å². The van der Waals surface area contributed by atoms with E-state index in [1.54, 1.807) is 0 Å². The van der Waals surface area contributed by atoms with Crippen molar-refractivity contribution in [3.63, 3.8) is 0 Å². The van der Waals surface area contributed by atoms with Crippen molar-refractivity contribution in [2.75, 3.05) is 39.6 Å². The van der Waals surface area contributed by atoms with Crippen LogP contribution in [0, 0.1) is 0 Å². The van der Waals surface area contributed by atoms with Crippen LogP contribution in [0.25, 0.3) is 0 Å². The number of phosphoric acid groups is 2. The molecule has 0 aromatic heterocycles. The van der Waals surface area contributed by atoms with Crippen molar-refractivity contribution in [3.05, 3.63) is 231 Å². The standard InChI is InChI=1S/C93H144O17P2/c1-5-9-13-17-21-25-29-33-37-41-43-47-50-54-58-62-66-70-74-78-91(96)104-84-89(110-93(98)80-76-72-68-64-60-56-52-48-44-42-38-34-30-26-22-18-14-10-6-2)86-108-112(101,102)106-82-87(94)81-105-111(99,100)107-85-88(109-92(97)79-75-71-67-63-59-55-51-46-40-36-32-28-24-20-16-12-8-4)83-103-90(95)77-73-69-65-61-57-53-49-45-39-35-31-27-23-19-15-11-7-3/h10,14,21-28,33-40,43-44,47-49,51,53-56,58,60-61,63,65-68,70,72,87-89,94H,5-9,11-13,15-20,29-32,41-42,45-46,50,52,57,59,62,64,69,71,73-86H2,1-4H3,(H,99,100)(H,101,102)/b14-10-,25-21-,26-22-,27-23-,28-24-,37-33-,38-34-,39-35-,40-36-,47-43-,48-44-,53-49-,55-51-,58-54-,60-56-,65-61-,67-63-,70-66-,72-68-/t87-,88+,89+/m0/s1. The summed E-state index contributed by atoms with van der Waals surface area (Å²) in [6.07, 6.45) is 106. The first-order valence-corrected chi connectivity index (χ1v) is 44.6. The summed E-state index contributed by atoms with van der Waals surface area (Å²) in [6.45, 7) is 4.34. The largest absolute Gasteiger partial charge is 0.472 e. The second-order valence-corrected chi connectivity index (χ2v) is 29.5. The molecule has 0 aromatic carbocycles. The molecule has 628 valence electrons. The van der Waals surface area contributed by atoms with Gasteiger partial charge in [-0.05, 0) is 180 Å². The molecule has 0 amide bonds. The van der Waals surface area contributed by atoms with E-state index in [9.17, 15) is 43.2 Å². The SMILES string of the molecule is CC/C=C\C/C=C\C/C=C\C/C=C\C/C=C\C/C=C\CCC(=O)O[C@H](COC(=O)CC/C=C\C/C=C\C/C=C\C/C=C\C/C=C\CCCCC)COP(=O)(O)OC[C@@H](O)COP(=O)(O)OC[C@@H](COC(=O)CCC/C=C\C/C=C\C/C=C\C/C=C\CCCCC)OC(=O)CCC/C=C\C/C=C\C/C=C\C/C=C\CCCCC. The van der Waals surface area contributed by atoms with E-state index < -0.39 is 97.5 Å². The van der Waals surface area contributed by atoms with Gasteiger partial charge in [-0.1, -0.05) is 297 Å². The minimum Gasteiger partial charge on any atom is -0.462 e. The molecule has 0 aliphatic heterocycles. The lowest BCUT2D eigenvalue weighted by Gasteiger charge is -2.21. The van der Waals surface area contributed by atoms with Crippen molar-refractivity contribution >= 4 is 39.5 Å². The van der Waals surface area contributed by atoms with Gasteiger partial charge in [-0.3, -0.25) is 37.3 Å². The van der Waals surface area contributed by atoms with E-state index in [1.807, 2.05) is 60.8 Å². The fourth-order valence-corrected chi connectivity index (χ4v) is 11.4. The highest BCUT2D eigenvalue weighted by atomic mass is 31.2. The van der Waals surface area contributed by atoms with Crippen LogP contribution in [-0.2, 0) is 65.4 Å². The second-order valence-electron chi connectivity index (χ2n) is 26.6. The third-order valence-electron chi connectivity index (χ3n) is 16.1. The van der Waals surface area contributed by atoms with Crippen LogP contribution in [0.1, 0.15) is 272 Å². The van der Waals surface area contributed by atoms with E-state index in [2.05, 4.69) is 198 Å². The Kier molecular flexibility index (Phi) is 77.1. The van der Waals surface area contributed by atoms with Crippen LogP contribution < -0.4 is 0 Å². The third-order valence-corrected chi connectivity index (χ3v) is 18.0. The van der Waals surface area contributed by atoms with Crippen LogP contribution >= 0.6 is 15.6 Å². The van der Waals surface area contributed by atoms with E-state index in [0.717, 1.165) is 109 Å². The van der Waals surface area contributed by atoms with Gasteiger partial charge in [0.1, 0.15) is 19.3 Å². The first-order valence-electron chi connectivity index (χ1n) is 41.6. The molecule has 0 saturated carbocycles. The smallest absolute Gasteiger partial charge is 0.462 e. The molecule has 0 heterocycles. The molecule has 0 fully saturated rings. The number of phosphoric ester groups is 2. The van der Waals surface area contributed by atoms with Crippen molar-refractivity contribution in [3.8, 4) is 0 Å². The van der Waals surface area contributed by atoms with Crippen molar-refractivity contribution in [1.82, 2.24) is 0 Å². The van der Waals surface area contributed by atoms with Crippen LogP contribution in [0.2, 0.25) is 0 Å². The molecule has 0 rings (SSSR count). The maximum Gasteiger partial charge on any atom is 0.472 e. The number of aliphatic hydroxyl groups excluding tert-OH is 1. The average Bonchev–Trinajstić information content (AvgIpc) is 0.898. The Balaban J connectivity index is 5.65. The fraction of sp³-hybridized carbons (Fsp3) is 0.548. The summed E-state index contributed by atoms with van der Waals surface area (Å²) in [7, 11) is -10.1. The van der Waals surface area contributed by atoms with E-state index in [-0.39, 0.29) is 25.7 Å². The first kappa shape index (κ1) is 105. The molecule has 17 nitrogen and oxygen atoms in total. The van der Waals surface area contributed by atoms with E-state index in [1.165, 1.54) is 57.8 Å². The van der Waals surface area contributed by atoms with Crippen molar-refractivity contribution < 1.29 is 80.2 Å². The molecule has 112 heavy (non-hydrogen) atoms. The summed E-state index contributed by atoms with van der Waals surface area (Å²) in [5, 5.41) is 10.7. The minimum absolute atomic E-state index is 0.00648. The van der Waals surface area contributed by atoms with Crippen LogP contribution in [0.15, 0.2) is 231 Å². The van der Waals surface area contributed by atoms with Crippen LogP contribution in [0.5, 0.6) is 0 Å². The zero-order valence-electron chi connectivity index (χ0n) is 68.7. The minimum atomic E-state index is -5.04. The van der Waals surface area contributed by atoms with Gasteiger partial charge < -0.3 is 33.8 Å². The summed E-state index contributed by atoms with van der Waals surface area (Å²) in [6, 6.07) is 0. The molecule has 2 unspecified atom stereocenters. The maximum atomic E-state index is 13.1. The topological polar surface area (TPSA) is 237 Å². The second kappa shape index (κ2) is 82.1. The molecule has 0 spiro atoms. The Morgan fingerprint density at radius 1 is 0.259 bits per heavy atom. The Morgan fingerprint density at radius 3 is 0.750 bits per heavy atom. The number of hydrogen-bond acceptors (Lipinski definition) is 15. The monoisotopic (exact) mass is 1590 g/mol. The maximum absolute atomic E-state index is 13.1. The molecule has 0 radical (unpaired) electrons.